The monoisotopic (exact) mass is 268 g/mol. The Hall–Kier alpha value is -0.290. The van der Waals surface area contributed by atoms with Gasteiger partial charge in [-0.25, -0.2) is 8.42 Å². The van der Waals surface area contributed by atoms with Gasteiger partial charge in [0.1, 0.15) is 9.84 Å². The van der Waals surface area contributed by atoms with Crippen LogP contribution in [0.1, 0.15) is 11.7 Å². The van der Waals surface area contributed by atoms with Crippen molar-refractivity contribution in [2.45, 2.75) is 6.10 Å². The van der Waals surface area contributed by atoms with E-state index in [4.69, 9.17) is 23.2 Å². The minimum atomic E-state index is -3.25. The van der Waals surface area contributed by atoms with Crippen molar-refractivity contribution >= 4 is 33.0 Å². The highest BCUT2D eigenvalue weighted by Gasteiger charge is 2.18. The lowest BCUT2D eigenvalue weighted by molar-refractivity contribution is 0.202. The van der Waals surface area contributed by atoms with Gasteiger partial charge in [0.15, 0.2) is 0 Å². The zero-order chi connectivity index (χ0) is 11.6. The molecule has 0 saturated heterocycles. The first-order valence-electron chi connectivity index (χ1n) is 4.11. The number of aliphatic hydroxyl groups is 1. The van der Waals surface area contributed by atoms with Crippen molar-refractivity contribution in [2.24, 2.45) is 0 Å². The van der Waals surface area contributed by atoms with Crippen molar-refractivity contribution in [2.75, 3.05) is 12.0 Å². The third kappa shape index (κ3) is 3.65. The van der Waals surface area contributed by atoms with Crippen LogP contribution in [-0.2, 0) is 9.84 Å². The molecule has 0 radical (unpaired) electrons. The van der Waals surface area contributed by atoms with Crippen LogP contribution in [-0.4, -0.2) is 25.5 Å². The summed E-state index contributed by atoms with van der Waals surface area (Å²) in [6.07, 6.45) is -0.0968. The Labute approximate surface area is 98.6 Å². The second kappa shape index (κ2) is 4.70. The van der Waals surface area contributed by atoms with Crippen LogP contribution in [0, 0.1) is 0 Å². The highest BCUT2D eigenvalue weighted by Crippen LogP contribution is 2.30. The van der Waals surface area contributed by atoms with Crippen LogP contribution < -0.4 is 0 Å². The molecule has 0 fully saturated rings. The molecule has 1 atom stereocenters. The molecule has 0 heterocycles. The third-order valence-electron chi connectivity index (χ3n) is 1.80. The summed E-state index contributed by atoms with van der Waals surface area (Å²) in [5.41, 5.74) is 0.328. The Morgan fingerprint density at radius 1 is 1.40 bits per heavy atom. The number of aliphatic hydroxyl groups excluding tert-OH is 1. The second-order valence-electron chi connectivity index (χ2n) is 3.25. The van der Waals surface area contributed by atoms with E-state index < -0.39 is 15.9 Å². The van der Waals surface area contributed by atoms with E-state index in [1.807, 2.05) is 0 Å². The Bertz CT molecular complexity index is 456. The number of halogens is 2. The van der Waals surface area contributed by atoms with Crippen LogP contribution in [0.2, 0.25) is 10.0 Å². The van der Waals surface area contributed by atoms with Crippen LogP contribution in [0.5, 0.6) is 0 Å². The molecular weight excluding hydrogens is 259 g/mol. The molecule has 0 amide bonds. The SMILES string of the molecule is CS(=O)(=O)CC(O)c1cccc(Cl)c1Cl. The van der Waals surface area contributed by atoms with E-state index in [0.29, 0.717) is 10.6 Å². The lowest BCUT2D eigenvalue weighted by Gasteiger charge is -2.12. The lowest BCUT2D eigenvalue weighted by atomic mass is 10.1. The molecule has 0 aliphatic rings. The van der Waals surface area contributed by atoms with Gasteiger partial charge >= 0.3 is 0 Å². The molecule has 15 heavy (non-hydrogen) atoms. The molecule has 6 heteroatoms. The molecule has 1 aromatic carbocycles. The molecule has 84 valence electrons. The molecule has 3 nitrogen and oxygen atoms in total. The van der Waals surface area contributed by atoms with Crippen molar-refractivity contribution in [3.8, 4) is 0 Å². The minimum absolute atomic E-state index is 0.190. The molecule has 0 bridgehead atoms. The van der Waals surface area contributed by atoms with Gasteiger partial charge in [0.2, 0.25) is 0 Å². The zero-order valence-electron chi connectivity index (χ0n) is 7.94. The number of sulfone groups is 1. The van der Waals surface area contributed by atoms with Gasteiger partial charge in [-0.3, -0.25) is 0 Å². The maximum absolute atomic E-state index is 11.0. The van der Waals surface area contributed by atoms with Crippen LogP contribution in [0.4, 0.5) is 0 Å². The fourth-order valence-corrected chi connectivity index (χ4v) is 2.34. The minimum Gasteiger partial charge on any atom is -0.387 e. The molecule has 1 N–H and O–H groups in total. The summed E-state index contributed by atoms with van der Waals surface area (Å²) in [6, 6.07) is 4.72. The van der Waals surface area contributed by atoms with Gasteiger partial charge in [-0.05, 0) is 6.07 Å². The first kappa shape index (κ1) is 12.8. The van der Waals surface area contributed by atoms with Crippen LogP contribution in [0.3, 0.4) is 0 Å². The van der Waals surface area contributed by atoms with E-state index in [9.17, 15) is 13.5 Å². The number of benzene rings is 1. The predicted octanol–water partition coefficient (Wildman–Crippen LogP) is 2.07. The zero-order valence-corrected chi connectivity index (χ0v) is 10.3. The fourth-order valence-electron chi connectivity index (χ4n) is 1.15. The summed E-state index contributed by atoms with van der Waals surface area (Å²) in [5, 5.41) is 10.1. The van der Waals surface area contributed by atoms with Crippen molar-refractivity contribution in [1.29, 1.82) is 0 Å². The first-order valence-corrected chi connectivity index (χ1v) is 6.92. The normalized spacial score (nSPS) is 13.9. The molecule has 1 rings (SSSR count). The third-order valence-corrected chi connectivity index (χ3v) is 3.56. The van der Waals surface area contributed by atoms with Crippen LogP contribution >= 0.6 is 23.2 Å². The molecule has 0 aliphatic carbocycles. The summed E-state index contributed by atoms with van der Waals surface area (Å²) in [7, 11) is -3.25. The summed E-state index contributed by atoms with van der Waals surface area (Å²) in [5.74, 6) is -0.368. The second-order valence-corrected chi connectivity index (χ2v) is 6.22. The fraction of sp³-hybridized carbons (Fsp3) is 0.333. The Morgan fingerprint density at radius 2 is 2.00 bits per heavy atom. The predicted molar refractivity (Wildman–Crippen MR) is 61.1 cm³/mol. The van der Waals surface area contributed by atoms with Gasteiger partial charge < -0.3 is 5.11 Å². The molecule has 0 aliphatic heterocycles. The van der Waals surface area contributed by atoms with E-state index in [1.54, 1.807) is 18.2 Å². The summed E-state index contributed by atoms with van der Waals surface area (Å²) in [4.78, 5) is 0. The maximum Gasteiger partial charge on any atom is 0.150 e. The number of rotatable bonds is 3. The van der Waals surface area contributed by atoms with E-state index in [1.165, 1.54) is 0 Å². The van der Waals surface area contributed by atoms with Crippen molar-refractivity contribution in [3.05, 3.63) is 33.8 Å². The largest absolute Gasteiger partial charge is 0.387 e. The lowest BCUT2D eigenvalue weighted by Crippen LogP contribution is -2.13. The quantitative estimate of drug-likeness (QED) is 0.913. The highest BCUT2D eigenvalue weighted by molar-refractivity contribution is 7.90. The van der Waals surface area contributed by atoms with E-state index in [-0.39, 0.29) is 10.8 Å². The molecule has 0 aromatic heterocycles. The number of hydrogen-bond acceptors (Lipinski definition) is 3. The first-order chi connectivity index (χ1) is 6.81. The van der Waals surface area contributed by atoms with E-state index in [0.717, 1.165) is 6.26 Å². The maximum atomic E-state index is 11.0. The summed E-state index contributed by atoms with van der Waals surface area (Å²) in [6.45, 7) is 0. The topological polar surface area (TPSA) is 54.4 Å². The Balaban J connectivity index is 3.02. The van der Waals surface area contributed by atoms with Crippen LogP contribution in [0.15, 0.2) is 18.2 Å². The molecule has 0 spiro atoms. The van der Waals surface area contributed by atoms with Gasteiger partial charge in [-0.1, -0.05) is 35.3 Å². The smallest absolute Gasteiger partial charge is 0.150 e. The standard InChI is InChI=1S/C9H10Cl2O3S/c1-15(13,14)5-8(12)6-3-2-4-7(10)9(6)11/h2-4,8,12H,5H2,1H3. The number of hydrogen-bond donors (Lipinski definition) is 1. The van der Waals surface area contributed by atoms with Gasteiger partial charge in [-0.2, -0.15) is 0 Å². The van der Waals surface area contributed by atoms with Gasteiger partial charge in [-0.15, -0.1) is 0 Å². The molecule has 1 unspecified atom stereocenters. The Kier molecular flexibility index (Phi) is 4.00. The average molecular weight is 269 g/mol. The molecule has 0 saturated carbocycles. The van der Waals surface area contributed by atoms with Gasteiger partial charge in [0.05, 0.1) is 21.9 Å². The van der Waals surface area contributed by atoms with Crippen molar-refractivity contribution < 1.29 is 13.5 Å². The van der Waals surface area contributed by atoms with E-state index >= 15 is 0 Å². The Morgan fingerprint density at radius 3 is 2.53 bits per heavy atom. The van der Waals surface area contributed by atoms with E-state index in [2.05, 4.69) is 0 Å². The average Bonchev–Trinajstić information content (AvgIpc) is 2.06. The molecule has 1 aromatic rings. The summed E-state index contributed by atoms with van der Waals surface area (Å²) >= 11 is 11.6. The van der Waals surface area contributed by atoms with Crippen LogP contribution in [0.25, 0.3) is 0 Å². The van der Waals surface area contributed by atoms with Crippen molar-refractivity contribution in [1.82, 2.24) is 0 Å². The van der Waals surface area contributed by atoms with Gasteiger partial charge in [0.25, 0.3) is 0 Å². The van der Waals surface area contributed by atoms with Gasteiger partial charge in [0, 0.05) is 11.8 Å². The summed E-state index contributed by atoms with van der Waals surface area (Å²) < 4.78 is 22.0. The van der Waals surface area contributed by atoms with Crippen molar-refractivity contribution in [3.63, 3.8) is 0 Å². The molecular formula is C9H10Cl2O3S. The highest BCUT2D eigenvalue weighted by atomic mass is 35.5.